The Balaban J connectivity index is 1.55. The molecule has 0 aromatic carbocycles. The van der Waals surface area contributed by atoms with Crippen molar-refractivity contribution in [1.82, 2.24) is 9.78 Å². The molecule has 0 atom stereocenters. The average molecular weight is 273 g/mol. The highest BCUT2D eigenvalue weighted by molar-refractivity contribution is 5.45. The van der Waals surface area contributed by atoms with Gasteiger partial charge in [0.2, 0.25) is 0 Å². The third kappa shape index (κ3) is 1.49. The van der Waals surface area contributed by atoms with Gasteiger partial charge in [0.15, 0.2) is 0 Å². The minimum atomic E-state index is 0.577. The Morgan fingerprint density at radius 2 is 1.75 bits per heavy atom. The summed E-state index contributed by atoms with van der Waals surface area (Å²) in [5, 5.41) is 4.86. The van der Waals surface area contributed by atoms with Crippen LogP contribution in [0, 0.1) is 23.7 Å². The molecule has 5 aliphatic rings. The van der Waals surface area contributed by atoms with Gasteiger partial charge in [-0.05, 0) is 55.8 Å². The number of rotatable bonds is 1. The minimum Gasteiger partial charge on any atom is -0.384 e. The maximum absolute atomic E-state index is 6.45. The lowest BCUT2D eigenvalue weighted by Gasteiger charge is -2.54. The van der Waals surface area contributed by atoms with Crippen LogP contribution in [0.5, 0.6) is 0 Å². The van der Waals surface area contributed by atoms with Crippen molar-refractivity contribution in [3.63, 3.8) is 0 Å². The molecule has 1 aliphatic heterocycles. The summed E-state index contributed by atoms with van der Waals surface area (Å²) in [7, 11) is 0. The van der Waals surface area contributed by atoms with Crippen LogP contribution in [0.3, 0.4) is 0 Å². The monoisotopic (exact) mass is 273 g/mol. The Labute approximate surface area is 119 Å². The van der Waals surface area contributed by atoms with Gasteiger partial charge in [0.05, 0.1) is 24.9 Å². The van der Waals surface area contributed by atoms with Crippen molar-refractivity contribution in [2.75, 3.05) is 12.3 Å². The normalized spacial score (nSPS) is 41.9. The summed E-state index contributed by atoms with van der Waals surface area (Å²) in [6.07, 6.45) is 8.10. The number of nitrogens with zero attached hydrogens (tertiary/aromatic N) is 2. The summed E-state index contributed by atoms with van der Waals surface area (Å²) in [6.45, 7) is 1.45. The number of hydrogen-bond acceptors (Lipinski definition) is 3. The van der Waals surface area contributed by atoms with Crippen molar-refractivity contribution in [3.8, 4) is 0 Å². The predicted molar refractivity (Wildman–Crippen MR) is 76.1 cm³/mol. The lowest BCUT2D eigenvalue weighted by Crippen LogP contribution is -2.46. The molecule has 0 amide bonds. The fraction of sp³-hybridized carbons (Fsp3) is 0.812. The summed E-state index contributed by atoms with van der Waals surface area (Å²) < 4.78 is 7.75. The van der Waals surface area contributed by atoms with E-state index >= 15 is 0 Å². The van der Waals surface area contributed by atoms with Gasteiger partial charge in [-0.25, -0.2) is 4.68 Å². The fourth-order valence-electron chi connectivity index (χ4n) is 5.78. The van der Waals surface area contributed by atoms with E-state index in [4.69, 9.17) is 15.6 Å². The molecule has 0 spiro atoms. The molecule has 4 saturated carbocycles. The topological polar surface area (TPSA) is 53.1 Å². The standard InChI is InChI=1S/C16H23N3O/c17-16-13-1-2-20-8-14(13)18-19(16)15-11-4-9-3-10(6-11)7-12(15)5-9/h9-12,15H,1-8,17H2. The molecule has 20 heavy (non-hydrogen) atoms. The van der Waals surface area contributed by atoms with E-state index in [0.717, 1.165) is 48.2 Å². The van der Waals surface area contributed by atoms with Crippen molar-refractivity contribution < 1.29 is 4.74 Å². The van der Waals surface area contributed by atoms with E-state index in [1.54, 1.807) is 0 Å². The second-order valence-corrected chi connectivity index (χ2v) is 7.48. The average Bonchev–Trinajstić information content (AvgIpc) is 2.76. The number of anilines is 1. The second-order valence-electron chi connectivity index (χ2n) is 7.48. The SMILES string of the molecule is Nc1c2c(nn1C1C3CC4CC(C3)CC1C4)COCC2. The highest BCUT2D eigenvalue weighted by Gasteiger charge is 2.49. The zero-order chi connectivity index (χ0) is 13.3. The van der Waals surface area contributed by atoms with Crippen LogP contribution in [0.1, 0.15) is 49.4 Å². The van der Waals surface area contributed by atoms with E-state index in [2.05, 4.69) is 4.68 Å². The lowest BCUT2D eigenvalue weighted by atomic mass is 9.54. The molecular weight excluding hydrogens is 250 g/mol. The first-order chi connectivity index (χ1) is 9.79. The van der Waals surface area contributed by atoms with Gasteiger partial charge in [-0.15, -0.1) is 0 Å². The van der Waals surface area contributed by atoms with Gasteiger partial charge in [-0.3, -0.25) is 0 Å². The molecule has 4 heteroatoms. The molecule has 0 unspecified atom stereocenters. The Hall–Kier alpha value is -1.03. The van der Waals surface area contributed by atoms with Gasteiger partial charge >= 0.3 is 0 Å². The van der Waals surface area contributed by atoms with Gasteiger partial charge in [-0.2, -0.15) is 5.10 Å². The summed E-state index contributed by atoms with van der Waals surface area (Å²) in [5.74, 6) is 4.61. The van der Waals surface area contributed by atoms with Crippen LogP contribution in [0.25, 0.3) is 0 Å². The highest BCUT2D eigenvalue weighted by Crippen LogP contribution is 2.58. The maximum Gasteiger partial charge on any atom is 0.125 e. The Morgan fingerprint density at radius 3 is 2.40 bits per heavy atom. The molecule has 4 aliphatic carbocycles. The number of nitrogens with two attached hydrogens (primary N) is 1. The number of fused-ring (bicyclic) bond motifs is 1. The van der Waals surface area contributed by atoms with E-state index in [0.29, 0.717) is 12.6 Å². The van der Waals surface area contributed by atoms with Crippen LogP contribution in [0.2, 0.25) is 0 Å². The van der Waals surface area contributed by atoms with Gasteiger partial charge in [-0.1, -0.05) is 0 Å². The smallest absolute Gasteiger partial charge is 0.125 e. The van der Waals surface area contributed by atoms with E-state index < -0.39 is 0 Å². The van der Waals surface area contributed by atoms with Gasteiger partial charge in [0.25, 0.3) is 0 Å². The van der Waals surface area contributed by atoms with Crippen LogP contribution >= 0.6 is 0 Å². The van der Waals surface area contributed by atoms with Crippen molar-refractivity contribution in [2.45, 2.75) is 51.2 Å². The van der Waals surface area contributed by atoms with Crippen LogP contribution in [-0.4, -0.2) is 16.4 Å². The summed E-state index contributed by atoms with van der Waals surface area (Å²) in [4.78, 5) is 0. The molecule has 4 bridgehead atoms. The third-order valence-corrected chi connectivity index (χ3v) is 6.33. The zero-order valence-electron chi connectivity index (χ0n) is 11.9. The third-order valence-electron chi connectivity index (χ3n) is 6.33. The second kappa shape index (κ2) is 4.00. The molecule has 0 saturated heterocycles. The maximum atomic E-state index is 6.45. The van der Waals surface area contributed by atoms with Crippen molar-refractivity contribution in [3.05, 3.63) is 11.3 Å². The Kier molecular flexibility index (Phi) is 2.32. The first-order valence-corrected chi connectivity index (χ1v) is 8.23. The number of nitrogen functional groups attached to an aromatic ring is 1. The molecule has 2 N–H and O–H groups in total. The van der Waals surface area contributed by atoms with E-state index in [1.807, 2.05) is 0 Å². The Morgan fingerprint density at radius 1 is 1.05 bits per heavy atom. The van der Waals surface area contributed by atoms with Gasteiger partial charge < -0.3 is 10.5 Å². The largest absolute Gasteiger partial charge is 0.384 e. The molecule has 4 nitrogen and oxygen atoms in total. The quantitative estimate of drug-likeness (QED) is 0.855. The first kappa shape index (κ1) is 11.6. The summed E-state index contributed by atoms with van der Waals surface area (Å²) in [5.41, 5.74) is 8.82. The summed E-state index contributed by atoms with van der Waals surface area (Å²) >= 11 is 0. The van der Waals surface area contributed by atoms with E-state index in [-0.39, 0.29) is 0 Å². The molecule has 2 heterocycles. The predicted octanol–water partition coefficient (Wildman–Crippen LogP) is 2.54. The molecule has 0 radical (unpaired) electrons. The number of aromatic nitrogens is 2. The van der Waals surface area contributed by atoms with E-state index in [9.17, 15) is 0 Å². The van der Waals surface area contributed by atoms with E-state index in [1.165, 1.54) is 37.7 Å². The van der Waals surface area contributed by atoms with Gasteiger partial charge in [0, 0.05) is 12.0 Å². The lowest BCUT2D eigenvalue weighted by molar-refractivity contribution is -0.0330. The van der Waals surface area contributed by atoms with Gasteiger partial charge in [0.1, 0.15) is 5.82 Å². The fourth-order valence-corrected chi connectivity index (χ4v) is 5.78. The zero-order valence-corrected chi connectivity index (χ0v) is 11.9. The number of hydrogen-bond donors (Lipinski definition) is 1. The van der Waals surface area contributed by atoms with Crippen LogP contribution in [0.15, 0.2) is 0 Å². The van der Waals surface area contributed by atoms with Crippen LogP contribution < -0.4 is 5.73 Å². The molecule has 1 aromatic heterocycles. The molecule has 1 aromatic rings. The molecule has 108 valence electrons. The minimum absolute atomic E-state index is 0.577. The molecule has 4 fully saturated rings. The van der Waals surface area contributed by atoms with Crippen LogP contribution in [-0.2, 0) is 17.8 Å². The van der Waals surface area contributed by atoms with Crippen LogP contribution in [0.4, 0.5) is 5.82 Å². The number of ether oxygens (including phenoxy) is 1. The summed E-state index contributed by atoms with van der Waals surface area (Å²) in [6, 6.07) is 0.577. The Bertz CT molecular complexity index is 522. The molecule has 6 rings (SSSR count). The molecular formula is C16H23N3O. The van der Waals surface area contributed by atoms with Crippen molar-refractivity contribution >= 4 is 5.82 Å². The first-order valence-electron chi connectivity index (χ1n) is 8.23. The highest BCUT2D eigenvalue weighted by atomic mass is 16.5. The van der Waals surface area contributed by atoms with Crippen molar-refractivity contribution in [1.29, 1.82) is 0 Å². The van der Waals surface area contributed by atoms with Crippen molar-refractivity contribution in [2.24, 2.45) is 23.7 Å².